The molecule has 2 saturated heterocycles. The van der Waals surface area contributed by atoms with E-state index in [0.717, 1.165) is 17.7 Å². The van der Waals surface area contributed by atoms with Gasteiger partial charge in [-0.1, -0.05) is 12.6 Å². The van der Waals surface area contributed by atoms with Crippen LogP contribution in [-0.2, 0) is 17.1 Å². The van der Waals surface area contributed by atoms with Gasteiger partial charge in [-0.15, -0.1) is 0 Å². The fraction of sp³-hybridized carbons (Fsp3) is 0.500. The van der Waals surface area contributed by atoms with E-state index < -0.39 is 47.4 Å². The number of amides is 2. The van der Waals surface area contributed by atoms with Crippen LogP contribution < -0.4 is 5.32 Å². The first-order valence-corrected chi connectivity index (χ1v) is 13.5. The topological polar surface area (TPSA) is 44.8 Å². The summed E-state index contributed by atoms with van der Waals surface area (Å²) >= 11 is 0. The summed E-state index contributed by atoms with van der Waals surface area (Å²) in [4.78, 5) is 16.7. The number of halogens is 7. The molecule has 5 nitrogen and oxygen atoms in total. The molecule has 12 heteroatoms. The van der Waals surface area contributed by atoms with Gasteiger partial charge in [0, 0.05) is 19.1 Å². The van der Waals surface area contributed by atoms with E-state index in [4.69, 9.17) is 4.74 Å². The quantitative estimate of drug-likeness (QED) is 0.281. The first-order valence-electron chi connectivity index (χ1n) is 13.5. The maximum atomic E-state index is 14.0. The number of likely N-dealkylation sites (tertiary alicyclic amines) is 1. The molecule has 0 aliphatic carbocycles. The van der Waals surface area contributed by atoms with Crippen molar-refractivity contribution in [1.82, 2.24) is 15.1 Å². The van der Waals surface area contributed by atoms with E-state index in [0.29, 0.717) is 41.9 Å². The molecule has 1 spiro atoms. The van der Waals surface area contributed by atoms with Crippen LogP contribution in [0.15, 0.2) is 48.7 Å². The lowest BCUT2D eigenvalue weighted by molar-refractivity contribution is -0.143. The Labute approximate surface area is 240 Å². The van der Waals surface area contributed by atoms with Gasteiger partial charge in [-0.05, 0) is 86.6 Å². The fourth-order valence-corrected chi connectivity index (χ4v) is 6.08. The highest BCUT2D eigenvalue weighted by Crippen LogP contribution is 2.45. The zero-order valence-electron chi connectivity index (χ0n) is 23.8. The van der Waals surface area contributed by atoms with Gasteiger partial charge in [0.05, 0.1) is 36.4 Å². The van der Waals surface area contributed by atoms with Crippen molar-refractivity contribution < 1.29 is 40.3 Å². The van der Waals surface area contributed by atoms with Crippen LogP contribution in [0, 0.1) is 12.7 Å². The van der Waals surface area contributed by atoms with Gasteiger partial charge in [0.1, 0.15) is 11.6 Å². The largest absolute Gasteiger partial charge is 0.500 e. The number of aryl methyl sites for hydroxylation is 1. The number of rotatable bonds is 5. The molecule has 2 heterocycles. The molecule has 2 aliphatic rings. The number of urea groups is 1. The van der Waals surface area contributed by atoms with Crippen LogP contribution in [0.1, 0.15) is 72.5 Å². The van der Waals surface area contributed by atoms with Gasteiger partial charge in [-0.3, -0.25) is 0 Å². The molecular formula is C30H34F7N3O2. The number of alkyl halides is 6. The number of methoxy groups -OCH3 is 1. The lowest BCUT2D eigenvalue weighted by Crippen LogP contribution is -2.56. The lowest BCUT2D eigenvalue weighted by atomic mass is 9.79. The van der Waals surface area contributed by atoms with E-state index in [1.54, 1.807) is 25.0 Å². The molecule has 2 aromatic rings. The summed E-state index contributed by atoms with van der Waals surface area (Å²) < 4.78 is 100. The van der Waals surface area contributed by atoms with Crippen LogP contribution in [0.2, 0.25) is 0 Å². The molecule has 0 bridgehead atoms. The summed E-state index contributed by atoms with van der Waals surface area (Å²) in [6.45, 7) is 7.33. The predicted molar refractivity (Wildman–Crippen MR) is 143 cm³/mol. The fourth-order valence-electron chi connectivity index (χ4n) is 6.08. The first-order chi connectivity index (χ1) is 19.5. The minimum Gasteiger partial charge on any atom is -0.500 e. The minimum absolute atomic E-state index is 0.0651. The van der Waals surface area contributed by atoms with E-state index in [1.165, 1.54) is 26.1 Å². The highest BCUT2D eigenvalue weighted by atomic mass is 19.4. The van der Waals surface area contributed by atoms with E-state index in [2.05, 4.69) is 11.9 Å². The average molecular weight is 602 g/mol. The zero-order valence-corrected chi connectivity index (χ0v) is 23.8. The third kappa shape index (κ3) is 6.38. The monoisotopic (exact) mass is 601 g/mol. The number of ether oxygens (including phenoxy) is 1. The molecule has 2 amide bonds. The number of hydrogen-bond acceptors (Lipinski definition) is 3. The molecule has 2 aromatic carbocycles. The SMILES string of the molecule is C=C(OC)[C@H]1CC[C@@]2(CCN(C(=O)N(C)[C@@H](C)c3cc(C(F)(F)F)cc(C(F)(F)F)c3)[C@@H](c3ccc(F)cc3C)C2)N1. The first kappa shape index (κ1) is 31.7. The predicted octanol–water partition coefficient (Wildman–Crippen LogP) is 7.77. The average Bonchev–Trinajstić information content (AvgIpc) is 3.33. The molecule has 0 saturated carbocycles. The van der Waals surface area contributed by atoms with E-state index in [-0.39, 0.29) is 29.8 Å². The van der Waals surface area contributed by atoms with E-state index in [1.807, 2.05) is 0 Å². The molecule has 0 aromatic heterocycles. The molecule has 4 rings (SSSR count). The third-order valence-corrected chi connectivity index (χ3v) is 8.65. The van der Waals surface area contributed by atoms with Gasteiger partial charge < -0.3 is 19.9 Å². The summed E-state index contributed by atoms with van der Waals surface area (Å²) in [5.74, 6) is 0.151. The van der Waals surface area contributed by atoms with Gasteiger partial charge in [0.25, 0.3) is 0 Å². The Morgan fingerprint density at radius 1 is 1.10 bits per heavy atom. The number of nitrogens with one attached hydrogen (secondary N) is 1. The van der Waals surface area contributed by atoms with Gasteiger partial charge in [-0.25, -0.2) is 9.18 Å². The number of benzene rings is 2. The Hall–Kier alpha value is -3.28. The highest BCUT2D eigenvalue weighted by molar-refractivity contribution is 5.75. The smallest absolute Gasteiger partial charge is 0.416 e. The van der Waals surface area contributed by atoms with Crippen molar-refractivity contribution in [2.45, 2.75) is 75.5 Å². The normalized spacial score (nSPS) is 23.6. The van der Waals surface area contributed by atoms with Gasteiger partial charge in [-0.2, -0.15) is 26.3 Å². The molecule has 42 heavy (non-hydrogen) atoms. The van der Waals surface area contributed by atoms with Crippen LogP contribution in [-0.4, -0.2) is 48.1 Å². The highest BCUT2D eigenvalue weighted by Gasteiger charge is 2.48. The summed E-state index contributed by atoms with van der Waals surface area (Å²) in [6.07, 6.45) is -7.47. The van der Waals surface area contributed by atoms with Gasteiger partial charge in [0.15, 0.2) is 0 Å². The van der Waals surface area contributed by atoms with Gasteiger partial charge >= 0.3 is 18.4 Å². The van der Waals surface area contributed by atoms with Crippen LogP contribution in [0.3, 0.4) is 0 Å². The Kier molecular flexibility index (Phi) is 8.61. The van der Waals surface area contributed by atoms with Crippen molar-refractivity contribution in [3.63, 3.8) is 0 Å². The Morgan fingerprint density at radius 3 is 2.26 bits per heavy atom. The molecule has 2 aliphatic heterocycles. The van der Waals surface area contributed by atoms with E-state index >= 15 is 0 Å². The molecule has 0 unspecified atom stereocenters. The number of piperidine rings is 1. The van der Waals surface area contributed by atoms with Crippen molar-refractivity contribution >= 4 is 6.03 Å². The number of nitrogens with zero attached hydrogens (tertiary/aromatic N) is 2. The van der Waals surface area contributed by atoms with Crippen molar-refractivity contribution in [3.05, 3.63) is 82.4 Å². The standard InChI is InChI=1S/C30H34F7N3O2/c1-17-12-23(31)6-7-24(17)26-16-28(9-8-25(38-28)19(3)42-5)10-11-40(26)27(41)39(4)18(2)20-13-21(29(32,33)34)15-22(14-20)30(35,36)37/h6-7,12-15,18,25-26,38H,3,8-11,16H2,1-2,4-5H3/t18-,25+,26+,28-/m0/s1. The van der Waals surface area contributed by atoms with Crippen molar-refractivity contribution in [3.8, 4) is 0 Å². The van der Waals surface area contributed by atoms with Crippen LogP contribution in [0.5, 0.6) is 0 Å². The molecule has 2 fully saturated rings. The second-order valence-electron chi connectivity index (χ2n) is 11.3. The number of carbonyl (C=O) groups is 1. The molecule has 1 N–H and O–H groups in total. The van der Waals surface area contributed by atoms with Gasteiger partial charge in [0.2, 0.25) is 0 Å². The molecular weight excluding hydrogens is 567 g/mol. The Morgan fingerprint density at radius 2 is 1.71 bits per heavy atom. The third-order valence-electron chi connectivity index (χ3n) is 8.65. The second-order valence-corrected chi connectivity index (χ2v) is 11.3. The number of carbonyl (C=O) groups excluding carboxylic acids is 1. The zero-order chi connectivity index (χ0) is 31.2. The number of hydrogen-bond donors (Lipinski definition) is 1. The summed E-state index contributed by atoms with van der Waals surface area (Å²) in [6, 6.07) is 3.33. The van der Waals surface area contributed by atoms with Crippen molar-refractivity contribution in [1.29, 1.82) is 0 Å². The minimum atomic E-state index is -5.01. The summed E-state index contributed by atoms with van der Waals surface area (Å²) in [5.41, 5.74) is -2.23. The lowest BCUT2D eigenvalue weighted by Gasteiger charge is -2.47. The van der Waals surface area contributed by atoms with Crippen LogP contribution in [0.25, 0.3) is 0 Å². The van der Waals surface area contributed by atoms with Crippen LogP contribution >= 0.6 is 0 Å². The molecule has 0 radical (unpaired) electrons. The Bertz CT molecular complexity index is 1310. The molecule has 230 valence electrons. The summed E-state index contributed by atoms with van der Waals surface area (Å²) in [5, 5.41) is 3.60. The van der Waals surface area contributed by atoms with E-state index in [9.17, 15) is 35.5 Å². The molecule has 4 atom stereocenters. The second kappa shape index (κ2) is 11.4. The van der Waals surface area contributed by atoms with Crippen LogP contribution in [0.4, 0.5) is 35.5 Å². The summed E-state index contributed by atoms with van der Waals surface area (Å²) in [7, 11) is 2.89. The maximum Gasteiger partial charge on any atom is 0.416 e. The van der Waals surface area contributed by atoms with Crippen molar-refractivity contribution in [2.75, 3.05) is 20.7 Å². The maximum absolute atomic E-state index is 14.0. The Balaban J connectivity index is 1.67. The van der Waals surface area contributed by atoms with Crippen molar-refractivity contribution in [2.24, 2.45) is 0 Å².